The summed E-state index contributed by atoms with van der Waals surface area (Å²) < 4.78 is 19.0. The van der Waals surface area contributed by atoms with E-state index in [2.05, 4.69) is 5.32 Å². The second-order valence-electron chi connectivity index (χ2n) is 3.87. The lowest BCUT2D eigenvalue weighted by Gasteiger charge is -2.30. The molecule has 0 radical (unpaired) electrons. The van der Waals surface area contributed by atoms with Gasteiger partial charge in [0.05, 0.1) is 7.11 Å². The highest BCUT2D eigenvalue weighted by Crippen LogP contribution is 2.34. The van der Waals surface area contributed by atoms with Crippen LogP contribution in [0.5, 0.6) is 5.75 Å². The molecule has 0 amide bonds. The fourth-order valence-corrected chi connectivity index (χ4v) is 1.81. The predicted octanol–water partition coefficient (Wildman–Crippen LogP) is 1.65. The zero-order chi connectivity index (χ0) is 12.2. The summed E-state index contributed by atoms with van der Waals surface area (Å²) in [7, 11) is 3.24. The molecule has 0 saturated heterocycles. The largest absolute Gasteiger partial charge is 0.496 e. The van der Waals surface area contributed by atoms with Gasteiger partial charge in [-0.15, -0.1) is 0 Å². The lowest BCUT2D eigenvalue weighted by molar-refractivity contribution is 0.221. The van der Waals surface area contributed by atoms with Gasteiger partial charge in [-0.3, -0.25) is 0 Å². The van der Waals surface area contributed by atoms with Gasteiger partial charge in [0.1, 0.15) is 11.6 Å². The molecule has 2 N–H and O–H groups in total. The summed E-state index contributed by atoms with van der Waals surface area (Å²) in [5.74, 6) is 0.162. The van der Waals surface area contributed by atoms with E-state index in [1.807, 2.05) is 6.92 Å². The molecule has 0 aliphatic rings. The van der Waals surface area contributed by atoms with Crippen molar-refractivity contribution in [2.75, 3.05) is 20.8 Å². The van der Waals surface area contributed by atoms with Crippen LogP contribution in [0.4, 0.5) is 4.39 Å². The van der Waals surface area contributed by atoms with Crippen LogP contribution >= 0.6 is 0 Å². The van der Waals surface area contributed by atoms with Crippen LogP contribution in [-0.2, 0) is 5.54 Å². The van der Waals surface area contributed by atoms with Crippen molar-refractivity contribution < 1.29 is 14.2 Å². The Morgan fingerprint density at radius 3 is 2.69 bits per heavy atom. The molecule has 0 aromatic heterocycles. The molecular weight excluding hydrogens is 209 g/mol. The Labute approximate surface area is 95.2 Å². The maximum Gasteiger partial charge on any atom is 0.131 e. The maximum absolute atomic E-state index is 13.8. The quantitative estimate of drug-likeness (QED) is 0.803. The smallest absolute Gasteiger partial charge is 0.131 e. The Morgan fingerprint density at radius 2 is 2.19 bits per heavy atom. The van der Waals surface area contributed by atoms with E-state index in [9.17, 15) is 4.39 Å². The lowest BCUT2D eigenvalue weighted by Crippen LogP contribution is -2.39. The van der Waals surface area contributed by atoms with Gasteiger partial charge in [0.15, 0.2) is 0 Å². The highest BCUT2D eigenvalue weighted by atomic mass is 19.1. The molecule has 0 spiro atoms. The normalized spacial score (nSPS) is 14.6. The molecular formula is C12H18FNO2. The third kappa shape index (κ3) is 2.33. The van der Waals surface area contributed by atoms with Crippen LogP contribution in [0.3, 0.4) is 0 Å². The summed E-state index contributed by atoms with van der Waals surface area (Å²) in [4.78, 5) is 0. The van der Waals surface area contributed by atoms with Gasteiger partial charge in [0, 0.05) is 17.7 Å². The number of ether oxygens (including phenoxy) is 1. The monoisotopic (exact) mass is 227 g/mol. The zero-order valence-corrected chi connectivity index (χ0v) is 9.88. The summed E-state index contributed by atoms with van der Waals surface area (Å²) in [5.41, 5.74) is -0.181. The molecule has 0 aliphatic carbocycles. The molecule has 16 heavy (non-hydrogen) atoms. The molecule has 0 saturated carbocycles. The third-order valence-corrected chi connectivity index (χ3v) is 2.91. The number of hydrogen-bond acceptors (Lipinski definition) is 3. The van der Waals surface area contributed by atoms with E-state index < -0.39 is 5.54 Å². The van der Waals surface area contributed by atoms with Crippen LogP contribution < -0.4 is 10.1 Å². The van der Waals surface area contributed by atoms with Gasteiger partial charge in [-0.1, -0.05) is 6.07 Å². The molecule has 0 heterocycles. The number of hydrogen-bond donors (Lipinski definition) is 2. The number of methoxy groups -OCH3 is 1. The van der Waals surface area contributed by atoms with Gasteiger partial charge in [-0.25, -0.2) is 4.39 Å². The minimum absolute atomic E-state index is 0.0190. The van der Waals surface area contributed by atoms with Crippen molar-refractivity contribution in [3.05, 3.63) is 29.6 Å². The first-order chi connectivity index (χ1) is 7.59. The Balaban J connectivity index is 3.27. The van der Waals surface area contributed by atoms with Gasteiger partial charge >= 0.3 is 0 Å². The standard InChI is InChI=1S/C12H18FNO2/c1-12(14-2,7-8-15)11-9(13)5-4-6-10(11)16-3/h4-6,14-15H,7-8H2,1-3H3. The molecule has 90 valence electrons. The van der Waals surface area contributed by atoms with E-state index in [-0.39, 0.29) is 12.4 Å². The summed E-state index contributed by atoms with van der Waals surface area (Å²) in [5, 5.41) is 12.1. The molecule has 1 atom stereocenters. The van der Waals surface area contributed by atoms with Gasteiger partial charge in [-0.05, 0) is 32.5 Å². The molecule has 4 heteroatoms. The molecule has 0 fully saturated rings. The Hall–Kier alpha value is -1.13. The highest BCUT2D eigenvalue weighted by molar-refractivity contribution is 5.40. The van der Waals surface area contributed by atoms with E-state index >= 15 is 0 Å². The zero-order valence-electron chi connectivity index (χ0n) is 9.88. The van der Waals surface area contributed by atoms with Crippen LogP contribution in [0, 0.1) is 5.82 Å². The lowest BCUT2D eigenvalue weighted by atomic mass is 9.88. The van der Waals surface area contributed by atoms with Crippen LogP contribution in [0.1, 0.15) is 18.9 Å². The molecule has 0 aliphatic heterocycles. The van der Waals surface area contributed by atoms with Crippen LogP contribution in [0.15, 0.2) is 18.2 Å². The van der Waals surface area contributed by atoms with Crippen molar-refractivity contribution in [1.82, 2.24) is 5.32 Å². The topological polar surface area (TPSA) is 41.5 Å². The predicted molar refractivity (Wildman–Crippen MR) is 61.1 cm³/mol. The minimum atomic E-state index is -0.633. The summed E-state index contributed by atoms with van der Waals surface area (Å²) in [6, 6.07) is 4.71. The fraction of sp³-hybridized carbons (Fsp3) is 0.500. The number of aliphatic hydroxyl groups is 1. The fourth-order valence-electron chi connectivity index (χ4n) is 1.81. The third-order valence-electron chi connectivity index (χ3n) is 2.91. The number of nitrogens with one attached hydrogen (secondary N) is 1. The van der Waals surface area contributed by atoms with Gasteiger partial charge in [-0.2, -0.15) is 0 Å². The molecule has 3 nitrogen and oxygen atoms in total. The number of rotatable bonds is 5. The second-order valence-corrected chi connectivity index (χ2v) is 3.87. The van der Waals surface area contributed by atoms with Crippen LogP contribution in [0.2, 0.25) is 0 Å². The first-order valence-corrected chi connectivity index (χ1v) is 5.22. The van der Waals surface area contributed by atoms with E-state index in [4.69, 9.17) is 9.84 Å². The van der Waals surface area contributed by atoms with Crippen molar-refractivity contribution in [2.45, 2.75) is 18.9 Å². The van der Waals surface area contributed by atoms with Crippen LogP contribution in [0.25, 0.3) is 0 Å². The van der Waals surface area contributed by atoms with Crippen LogP contribution in [-0.4, -0.2) is 25.9 Å². The summed E-state index contributed by atoms with van der Waals surface area (Å²) >= 11 is 0. The molecule has 1 aromatic carbocycles. The second kappa shape index (κ2) is 5.27. The van der Waals surface area contributed by atoms with Crippen molar-refractivity contribution >= 4 is 0 Å². The summed E-state index contributed by atoms with van der Waals surface area (Å²) in [6.45, 7) is 1.82. The van der Waals surface area contributed by atoms with Crippen molar-refractivity contribution in [3.63, 3.8) is 0 Å². The Kier molecular flexibility index (Phi) is 4.26. The first-order valence-electron chi connectivity index (χ1n) is 5.22. The molecule has 1 aromatic rings. The highest BCUT2D eigenvalue weighted by Gasteiger charge is 2.30. The maximum atomic E-state index is 13.8. The Bertz CT molecular complexity index is 357. The van der Waals surface area contributed by atoms with Crippen molar-refractivity contribution in [1.29, 1.82) is 0 Å². The van der Waals surface area contributed by atoms with E-state index in [0.717, 1.165) is 0 Å². The first kappa shape index (κ1) is 12.9. The van der Waals surface area contributed by atoms with E-state index in [0.29, 0.717) is 17.7 Å². The molecule has 1 rings (SSSR count). The Morgan fingerprint density at radius 1 is 1.50 bits per heavy atom. The minimum Gasteiger partial charge on any atom is -0.496 e. The van der Waals surface area contributed by atoms with Gasteiger partial charge < -0.3 is 15.2 Å². The number of halogens is 1. The summed E-state index contributed by atoms with van der Waals surface area (Å²) in [6.07, 6.45) is 0.417. The van der Waals surface area contributed by atoms with E-state index in [1.165, 1.54) is 13.2 Å². The SMILES string of the molecule is CNC(C)(CCO)c1c(F)cccc1OC. The molecule has 0 bridgehead atoms. The van der Waals surface area contributed by atoms with E-state index in [1.54, 1.807) is 19.2 Å². The average molecular weight is 227 g/mol. The average Bonchev–Trinajstić information content (AvgIpc) is 2.28. The molecule has 1 unspecified atom stereocenters. The van der Waals surface area contributed by atoms with Crippen molar-refractivity contribution in [2.24, 2.45) is 0 Å². The number of aliphatic hydroxyl groups excluding tert-OH is 1. The number of benzene rings is 1. The van der Waals surface area contributed by atoms with Gasteiger partial charge in [0.25, 0.3) is 0 Å². The van der Waals surface area contributed by atoms with Crippen molar-refractivity contribution in [3.8, 4) is 5.75 Å². The van der Waals surface area contributed by atoms with Gasteiger partial charge in [0.2, 0.25) is 0 Å².